The van der Waals surface area contributed by atoms with Gasteiger partial charge in [0.25, 0.3) is 0 Å². The topological polar surface area (TPSA) is 59.7 Å². The lowest BCUT2D eigenvalue weighted by Gasteiger charge is -2.08. The molecule has 2 heterocycles. The average Bonchev–Trinajstić information content (AvgIpc) is 3.21. The number of hydrogen-bond donors (Lipinski definition) is 2. The molecule has 0 radical (unpaired) electrons. The number of nitrogens with zero attached hydrogens (tertiary/aromatic N) is 4. The second-order valence-electron chi connectivity index (χ2n) is 5.90. The maximum atomic E-state index is 5.91. The molecule has 0 saturated heterocycles. The second-order valence-corrected chi connectivity index (χ2v) is 6.75. The summed E-state index contributed by atoms with van der Waals surface area (Å²) < 4.78 is 3.82. The fourth-order valence-electron chi connectivity index (χ4n) is 2.61. The van der Waals surface area contributed by atoms with Gasteiger partial charge < -0.3 is 10.6 Å². The molecular weight excluding hydrogens is 368 g/mol. The van der Waals surface area contributed by atoms with E-state index in [1.54, 1.807) is 0 Å². The molecule has 1 aromatic carbocycles. The number of thiocarbonyl (C=S) groups is 1. The second kappa shape index (κ2) is 8.33. The number of anilines is 1. The minimum atomic E-state index is 0.533. The first-order valence-electron chi connectivity index (χ1n) is 8.39. The Morgan fingerprint density at radius 2 is 2.00 bits per heavy atom. The van der Waals surface area contributed by atoms with Gasteiger partial charge in [-0.15, -0.1) is 0 Å². The quantitative estimate of drug-likeness (QED) is 0.632. The zero-order valence-corrected chi connectivity index (χ0v) is 16.3. The van der Waals surface area contributed by atoms with Crippen LogP contribution in [0.2, 0.25) is 5.02 Å². The largest absolute Gasteiger partial charge is 0.358 e. The summed E-state index contributed by atoms with van der Waals surface area (Å²) in [6.45, 7) is 6.29. The minimum absolute atomic E-state index is 0.533. The van der Waals surface area contributed by atoms with Crippen molar-refractivity contribution in [2.45, 2.75) is 33.5 Å². The molecule has 136 valence electrons. The first kappa shape index (κ1) is 18.4. The smallest absolute Gasteiger partial charge is 0.172 e. The molecule has 0 aliphatic heterocycles. The van der Waals surface area contributed by atoms with Crippen LogP contribution in [0.5, 0.6) is 0 Å². The molecule has 8 heteroatoms. The average molecular weight is 389 g/mol. The van der Waals surface area contributed by atoms with Crippen molar-refractivity contribution in [1.29, 1.82) is 0 Å². The summed E-state index contributed by atoms with van der Waals surface area (Å²) in [5.41, 5.74) is 3.41. The highest BCUT2D eigenvalue weighted by Gasteiger charge is 2.07. The van der Waals surface area contributed by atoms with Crippen molar-refractivity contribution < 1.29 is 0 Å². The lowest BCUT2D eigenvalue weighted by molar-refractivity contribution is 0.638. The first-order valence-corrected chi connectivity index (χ1v) is 9.18. The van der Waals surface area contributed by atoms with E-state index in [2.05, 4.69) is 34.7 Å². The molecule has 2 N–H and O–H groups in total. The molecule has 0 aliphatic rings. The molecule has 0 aliphatic carbocycles. The van der Waals surface area contributed by atoms with E-state index in [1.165, 1.54) is 0 Å². The van der Waals surface area contributed by atoms with Crippen LogP contribution in [-0.4, -0.2) is 24.7 Å². The van der Waals surface area contributed by atoms with E-state index < -0.39 is 0 Å². The van der Waals surface area contributed by atoms with Crippen LogP contribution in [0, 0.1) is 6.92 Å². The molecule has 3 aromatic rings. The Labute approximate surface area is 163 Å². The van der Waals surface area contributed by atoms with Gasteiger partial charge in [-0.25, -0.2) is 0 Å². The number of benzene rings is 1. The van der Waals surface area contributed by atoms with Crippen molar-refractivity contribution >= 4 is 34.7 Å². The van der Waals surface area contributed by atoms with Crippen LogP contribution in [0.3, 0.4) is 0 Å². The van der Waals surface area contributed by atoms with E-state index in [9.17, 15) is 0 Å². The number of nitrogens with one attached hydrogen (secondary N) is 2. The van der Waals surface area contributed by atoms with Crippen LogP contribution in [0.15, 0.2) is 42.7 Å². The molecule has 0 saturated carbocycles. The van der Waals surface area contributed by atoms with Crippen molar-refractivity contribution in [3.8, 4) is 0 Å². The molecule has 3 rings (SSSR count). The Kier molecular flexibility index (Phi) is 5.90. The summed E-state index contributed by atoms with van der Waals surface area (Å²) in [4.78, 5) is 0. The summed E-state index contributed by atoms with van der Waals surface area (Å²) in [6, 6.07) is 9.62. The minimum Gasteiger partial charge on any atom is -0.358 e. The van der Waals surface area contributed by atoms with Crippen molar-refractivity contribution in [3.63, 3.8) is 0 Å². The Bertz CT molecular complexity index is 883. The van der Waals surface area contributed by atoms with Crippen LogP contribution in [0.4, 0.5) is 5.82 Å². The van der Waals surface area contributed by atoms with Gasteiger partial charge in [0.05, 0.1) is 12.7 Å². The maximum Gasteiger partial charge on any atom is 0.172 e. The molecule has 0 atom stereocenters. The van der Waals surface area contributed by atoms with Crippen LogP contribution in [0.1, 0.15) is 23.7 Å². The van der Waals surface area contributed by atoms with Crippen molar-refractivity contribution in [3.05, 3.63) is 64.6 Å². The summed E-state index contributed by atoms with van der Waals surface area (Å²) in [5, 5.41) is 16.4. The Balaban J connectivity index is 1.52. The Hall–Kier alpha value is -2.38. The third-order valence-corrected chi connectivity index (χ3v) is 4.58. The fourth-order valence-corrected chi connectivity index (χ4v) is 2.91. The van der Waals surface area contributed by atoms with Gasteiger partial charge in [-0.2, -0.15) is 10.2 Å². The molecule has 6 nitrogen and oxygen atoms in total. The molecular formula is C18H21ClN6S. The van der Waals surface area contributed by atoms with Crippen molar-refractivity contribution in [2.75, 3.05) is 5.32 Å². The highest BCUT2D eigenvalue weighted by atomic mass is 35.5. The molecule has 0 spiro atoms. The number of aryl methyl sites for hydroxylation is 1. The van der Waals surface area contributed by atoms with Gasteiger partial charge in [-0.3, -0.25) is 9.36 Å². The monoisotopic (exact) mass is 388 g/mol. The van der Waals surface area contributed by atoms with Crippen LogP contribution < -0.4 is 10.6 Å². The molecule has 0 unspecified atom stereocenters. The maximum absolute atomic E-state index is 5.91. The van der Waals surface area contributed by atoms with Gasteiger partial charge in [-0.05, 0) is 43.8 Å². The van der Waals surface area contributed by atoms with E-state index >= 15 is 0 Å². The summed E-state index contributed by atoms with van der Waals surface area (Å²) in [6.07, 6.45) is 3.78. The van der Waals surface area contributed by atoms with Crippen LogP contribution in [-0.2, 0) is 19.6 Å². The summed E-state index contributed by atoms with van der Waals surface area (Å²) in [5.74, 6) is 0.706. The van der Waals surface area contributed by atoms with E-state index in [1.807, 2.05) is 52.1 Å². The Morgan fingerprint density at radius 3 is 2.69 bits per heavy atom. The van der Waals surface area contributed by atoms with Gasteiger partial charge in [-0.1, -0.05) is 23.7 Å². The van der Waals surface area contributed by atoms with Crippen molar-refractivity contribution in [1.82, 2.24) is 24.9 Å². The molecule has 26 heavy (non-hydrogen) atoms. The standard InChI is InChI=1S/C18H21ClN6S/c1-3-25-13(2)15(11-21-25)10-20-18(26)22-17-8-9-24(23-17)12-14-4-6-16(19)7-5-14/h4-9,11H,3,10,12H2,1-2H3,(H2,20,22,23,26). The van der Waals surface area contributed by atoms with Crippen molar-refractivity contribution in [2.24, 2.45) is 0 Å². The van der Waals surface area contributed by atoms with Gasteiger partial charge in [0.2, 0.25) is 0 Å². The third kappa shape index (κ3) is 4.62. The normalized spacial score (nSPS) is 10.7. The van der Waals surface area contributed by atoms with Gasteiger partial charge in [0.1, 0.15) is 0 Å². The van der Waals surface area contributed by atoms with Gasteiger partial charge in [0.15, 0.2) is 10.9 Å². The summed E-state index contributed by atoms with van der Waals surface area (Å²) in [7, 11) is 0. The predicted molar refractivity (Wildman–Crippen MR) is 108 cm³/mol. The fraction of sp³-hybridized carbons (Fsp3) is 0.278. The zero-order chi connectivity index (χ0) is 18.5. The molecule has 0 bridgehead atoms. The lowest BCUT2D eigenvalue weighted by Crippen LogP contribution is -2.28. The number of aromatic nitrogens is 4. The third-order valence-electron chi connectivity index (χ3n) is 4.08. The highest BCUT2D eigenvalue weighted by molar-refractivity contribution is 7.80. The van der Waals surface area contributed by atoms with E-state index in [0.29, 0.717) is 24.0 Å². The number of halogens is 1. The van der Waals surface area contributed by atoms with E-state index in [4.69, 9.17) is 23.8 Å². The lowest BCUT2D eigenvalue weighted by atomic mass is 10.2. The zero-order valence-electron chi connectivity index (χ0n) is 14.7. The molecule has 0 amide bonds. The molecule has 2 aromatic heterocycles. The van der Waals surface area contributed by atoms with E-state index in [0.717, 1.165) is 28.4 Å². The van der Waals surface area contributed by atoms with E-state index in [-0.39, 0.29) is 0 Å². The molecule has 0 fully saturated rings. The first-order chi connectivity index (χ1) is 12.5. The SMILES string of the molecule is CCn1ncc(CNC(=S)Nc2ccn(Cc3ccc(Cl)cc3)n2)c1C. The number of hydrogen-bond acceptors (Lipinski definition) is 3. The predicted octanol–water partition coefficient (Wildman–Crippen LogP) is 3.60. The number of rotatable bonds is 6. The van der Waals surface area contributed by atoms with Gasteiger partial charge in [0, 0.05) is 41.6 Å². The Morgan fingerprint density at radius 1 is 1.23 bits per heavy atom. The summed E-state index contributed by atoms with van der Waals surface area (Å²) >= 11 is 11.3. The van der Waals surface area contributed by atoms with Crippen LogP contribution in [0.25, 0.3) is 0 Å². The van der Waals surface area contributed by atoms with Gasteiger partial charge >= 0.3 is 0 Å². The highest BCUT2D eigenvalue weighted by Crippen LogP contribution is 2.12. The van der Waals surface area contributed by atoms with Crippen LogP contribution >= 0.6 is 23.8 Å².